The van der Waals surface area contributed by atoms with Crippen LogP contribution in [-0.2, 0) is 6.54 Å². The Morgan fingerprint density at radius 3 is 2.44 bits per heavy atom. The van der Waals surface area contributed by atoms with Gasteiger partial charge in [-0.25, -0.2) is 14.4 Å². The Kier molecular flexibility index (Phi) is 5.76. The first kappa shape index (κ1) is 18.5. The molecule has 0 atom stereocenters. The SMILES string of the molecule is CCN(C(=O)c1cc(C)nc(NCc2ccc(F)cc2)n1)c1ccccc1. The number of amides is 1. The van der Waals surface area contributed by atoms with Crippen LogP contribution in [0.3, 0.4) is 0 Å². The number of para-hydroxylation sites is 1. The van der Waals surface area contributed by atoms with Crippen molar-refractivity contribution in [2.45, 2.75) is 20.4 Å². The van der Waals surface area contributed by atoms with Crippen molar-refractivity contribution in [1.29, 1.82) is 0 Å². The maximum absolute atomic E-state index is 13.0. The van der Waals surface area contributed by atoms with E-state index in [9.17, 15) is 9.18 Å². The van der Waals surface area contributed by atoms with E-state index in [0.717, 1.165) is 11.3 Å². The van der Waals surface area contributed by atoms with E-state index >= 15 is 0 Å². The van der Waals surface area contributed by atoms with Crippen LogP contribution in [0.5, 0.6) is 0 Å². The Hall–Kier alpha value is -3.28. The van der Waals surface area contributed by atoms with Gasteiger partial charge in [0.2, 0.25) is 5.95 Å². The summed E-state index contributed by atoms with van der Waals surface area (Å²) in [6.07, 6.45) is 0. The van der Waals surface area contributed by atoms with Gasteiger partial charge in [-0.3, -0.25) is 4.79 Å². The van der Waals surface area contributed by atoms with Crippen molar-refractivity contribution in [3.05, 3.63) is 83.4 Å². The number of hydrogen-bond acceptors (Lipinski definition) is 4. The van der Waals surface area contributed by atoms with Crippen molar-refractivity contribution in [2.75, 3.05) is 16.8 Å². The molecule has 5 nitrogen and oxygen atoms in total. The van der Waals surface area contributed by atoms with Gasteiger partial charge in [-0.1, -0.05) is 30.3 Å². The summed E-state index contributed by atoms with van der Waals surface area (Å²) in [5, 5.41) is 3.10. The van der Waals surface area contributed by atoms with Gasteiger partial charge in [0, 0.05) is 24.5 Å². The Morgan fingerprint density at radius 1 is 1.07 bits per heavy atom. The van der Waals surface area contributed by atoms with Crippen LogP contribution in [0.2, 0.25) is 0 Å². The maximum atomic E-state index is 13.0. The summed E-state index contributed by atoms with van der Waals surface area (Å²) in [6, 6.07) is 17.4. The van der Waals surface area contributed by atoms with Gasteiger partial charge in [-0.2, -0.15) is 0 Å². The second-order valence-electron chi connectivity index (χ2n) is 6.08. The van der Waals surface area contributed by atoms with Crippen molar-refractivity contribution >= 4 is 17.5 Å². The number of carbonyl (C=O) groups excluding carboxylic acids is 1. The van der Waals surface area contributed by atoms with E-state index in [4.69, 9.17) is 0 Å². The summed E-state index contributed by atoms with van der Waals surface area (Å²) < 4.78 is 13.0. The van der Waals surface area contributed by atoms with Gasteiger partial charge < -0.3 is 10.2 Å². The summed E-state index contributed by atoms with van der Waals surface area (Å²) in [5.74, 6) is -0.0928. The van der Waals surface area contributed by atoms with Crippen molar-refractivity contribution in [2.24, 2.45) is 0 Å². The highest BCUT2D eigenvalue weighted by atomic mass is 19.1. The molecule has 1 N–H and O–H groups in total. The molecule has 0 fully saturated rings. The first-order chi connectivity index (χ1) is 13.1. The molecule has 0 aliphatic rings. The average molecular weight is 364 g/mol. The molecule has 2 aromatic carbocycles. The third kappa shape index (κ3) is 4.67. The van der Waals surface area contributed by atoms with Gasteiger partial charge in [-0.15, -0.1) is 0 Å². The molecule has 0 saturated carbocycles. The average Bonchev–Trinajstić information content (AvgIpc) is 2.68. The molecule has 6 heteroatoms. The maximum Gasteiger partial charge on any atom is 0.277 e. The topological polar surface area (TPSA) is 58.1 Å². The molecule has 27 heavy (non-hydrogen) atoms. The highest BCUT2D eigenvalue weighted by Gasteiger charge is 2.18. The molecule has 1 heterocycles. The van der Waals surface area contributed by atoms with Gasteiger partial charge in [0.1, 0.15) is 11.5 Å². The van der Waals surface area contributed by atoms with Gasteiger partial charge in [0.15, 0.2) is 0 Å². The zero-order valence-electron chi connectivity index (χ0n) is 15.3. The molecule has 3 rings (SSSR count). The largest absolute Gasteiger partial charge is 0.350 e. The zero-order valence-corrected chi connectivity index (χ0v) is 15.3. The monoisotopic (exact) mass is 364 g/mol. The molecular formula is C21H21FN4O. The van der Waals surface area contributed by atoms with E-state index in [-0.39, 0.29) is 11.7 Å². The lowest BCUT2D eigenvalue weighted by molar-refractivity contribution is 0.0983. The Morgan fingerprint density at radius 2 is 1.78 bits per heavy atom. The highest BCUT2D eigenvalue weighted by Crippen LogP contribution is 2.17. The van der Waals surface area contributed by atoms with Crippen LogP contribution in [0.4, 0.5) is 16.0 Å². The molecule has 0 aliphatic heterocycles. The number of aryl methyl sites for hydroxylation is 1. The van der Waals surface area contributed by atoms with Crippen LogP contribution >= 0.6 is 0 Å². The molecule has 0 radical (unpaired) electrons. The summed E-state index contributed by atoms with van der Waals surface area (Å²) in [5.41, 5.74) is 2.74. The van der Waals surface area contributed by atoms with Crippen LogP contribution in [-0.4, -0.2) is 22.4 Å². The second kappa shape index (κ2) is 8.40. The third-order valence-electron chi connectivity index (χ3n) is 4.07. The molecule has 3 aromatic rings. The van der Waals surface area contributed by atoms with Gasteiger partial charge in [0.25, 0.3) is 5.91 Å². The standard InChI is InChI=1S/C21H21FN4O/c1-3-26(18-7-5-4-6-8-18)20(27)19-13-15(2)24-21(25-19)23-14-16-9-11-17(22)12-10-16/h4-13H,3,14H2,1-2H3,(H,23,24,25). The Labute approximate surface area is 157 Å². The summed E-state index contributed by atoms with van der Waals surface area (Å²) in [4.78, 5) is 23.3. The number of nitrogens with one attached hydrogen (secondary N) is 1. The summed E-state index contributed by atoms with van der Waals surface area (Å²) in [7, 11) is 0. The summed E-state index contributed by atoms with van der Waals surface area (Å²) in [6.45, 7) is 4.71. The lowest BCUT2D eigenvalue weighted by Crippen LogP contribution is -2.31. The van der Waals surface area contributed by atoms with Gasteiger partial charge >= 0.3 is 0 Å². The minimum absolute atomic E-state index is 0.181. The number of benzene rings is 2. The Balaban J connectivity index is 1.79. The second-order valence-corrected chi connectivity index (χ2v) is 6.08. The van der Waals surface area contributed by atoms with Crippen molar-refractivity contribution in [3.63, 3.8) is 0 Å². The first-order valence-corrected chi connectivity index (χ1v) is 8.77. The van der Waals surface area contributed by atoms with Crippen molar-refractivity contribution in [3.8, 4) is 0 Å². The predicted molar refractivity (Wildman–Crippen MR) is 104 cm³/mol. The van der Waals surface area contributed by atoms with E-state index in [1.54, 1.807) is 23.1 Å². The van der Waals surface area contributed by atoms with E-state index in [1.807, 2.05) is 44.2 Å². The lowest BCUT2D eigenvalue weighted by Gasteiger charge is -2.21. The van der Waals surface area contributed by atoms with Gasteiger partial charge in [0.05, 0.1) is 0 Å². The number of hydrogen-bond donors (Lipinski definition) is 1. The smallest absolute Gasteiger partial charge is 0.277 e. The number of anilines is 2. The molecular weight excluding hydrogens is 343 g/mol. The van der Waals surface area contributed by atoms with Crippen molar-refractivity contribution in [1.82, 2.24) is 9.97 Å². The van der Waals surface area contributed by atoms with Crippen LogP contribution in [0, 0.1) is 12.7 Å². The van der Waals surface area contributed by atoms with Gasteiger partial charge in [-0.05, 0) is 49.7 Å². The van der Waals surface area contributed by atoms with E-state index < -0.39 is 0 Å². The minimum Gasteiger partial charge on any atom is -0.350 e. The Bertz CT molecular complexity index is 913. The fourth-order valence-corrected chi connectivity index (χ4v) is 2.73. The molecule has 0 saturated heterocycles. The molecule has 0 aliphatic carbocycles. The number of nitrogens with zero attached hydrogens (tertiary/aromatic N) is 3. The van der Waals surface area contributed by atoms with E-state index in [2.05, 4.69) is 15.3 Å². The van der Waals surface area contributed by atoms with Crippen LogP contribution in [0.15, 0.2) is 60.7 Å². The molecule has 1 aromatic heterocycles. The lowest BCUT2D eigenvalue weighted by atomic mass is 10.2. The molecule has 138 valence electrons. The quantitative estimate of drug-likeness (QED) is 0.712. The van der Waals surface area contributed by atoms with Crippen molar-refractivity contribution < 1.29 is 9.18 Å². The third-order valence-corrected chi connectivity index (χ3v) is 4.07. The minimum atomic E-state index is -0.279. The molecule has 0 bridgehead atoms. The van der Waals surface area contributed by atoms with Crippen LogP contribution in [0.25, 0.3) is 0 Å². The number of carbonyl (C=O) groups is 1. The number of halogens is 1. The molecule has 0 spiro atoms. The fraction of sp³-hybridized carbons (Fsp3) is 0.190. The zero-order chi connectivity index (χ0) is 19.2. The normalized spacial score (nSPS) is 10.5. The predicted octanol–water partition coefficient (Wildman–Crippen LogP) is 4.20. The fourth-order valence-electron chi connectivity index (χ4n) is 2.73. The highest BCUT2D eigenvalue weighted by molar-refractivity contribution is 6.04. The first-order valence-electron chi connectivity index (χ1n) is 8.77. The van der Waals surface area contributed by atoms with E-state index in [1.165, 1.54) is 12.1 Å². The summed E-state index contributed by atoms with van der Waals surface area (Å²) >= 11 is 0. The van der Waals surface area contributed by atoms with Crippen LogP contribution < -0.4 is 10.2 Å². The molecule has 1 amide bonds. The number of aromatic nitrogens is 2. The number of rotatable bonds is 6. The molecule has 0 unspecified atom stereocenters. The van der Waals surface area contributed by atoms with Crippen LogP contribution in [0.1, 0.15) is 28.7 Å². The van der Waals surface area contributed by atoms with E-state index in [0.29, 0.717) is 30.4 Å².